The lowest BCUT2D eigenvalue weighted by Gasteiger charge is -2.34. The fourth-order valence-corrected chi connectivity index (χ4v) is 2.89. The minimum atomic E-state index is -4.48. The van der Waals surface area contributed by atoms with Gasteiger partial charge in [0.1, 0.15) is 12.3 Å². The zero-order chi connectivity index (χ0) is 17.7. The molecule has 0 aromatic heterocycles. The Labute approximate surface area is 147 Å². The molecule has 0 bridgehead atoms. The Balaban J connectivity index is 2.03. The smallest absolute Gasteiger partial charge is 0.406 e. The minimum Gasteiger partial charge on any atom is -0.482 e. The van der Waals surface area contributed by atoms with E-state index in [4.69, 9.17) is 32.7 Å². The zero-order valence-electron chi connectivity index (χ0n) is 12.6. The van der Waals surface area contributed by atoms with E-state index < -0.39 is 31.3 Å². The molecule has 1 saturated heterocycles. The number of rotatable bonds is 5. The van der Waals surface area contributed by atoms with Crippen molar-refractivity contribution in [2.75, 3.05) is 26.4 Å². The van der Waals surface area contributed by atoms with Crippen molar-refractivity contribution in [3.8, 4) is 5.75 Å². The van der Waals surface area contributed by atoms with Crippen molar-refractivity contribution >= 4 is 29.1 Å². The fraction of sp³-hybridized carbons (Fsp3) is 0.533. The van der Waals surface area contributed by atoms with E-state index in [1.54, 1.807) is 0 Å². The number of alkyl halides is 3. The molecule has 0 atom stereocenters. The molecular formula is C15H16Cl2F3NO3. The zero-order valence-corrected chi connectivity index (χ0v) is 14.1. The Morgan fingerprint density at radius 1 is 1.29 bits per heavy atom. The summed E-state index contributed by atoms with van der Waals surface area (Å²) in [5, 5.41) is 0.573. The van der Waals surface area contributed by atoms with Gasteiger partial charge < -0.3 is 14.4 Å². The Hall–Kier alpha value is -1.18. The first-order chi connectivity index (χ1) is 11.3. The van der Waals surface area contributed by atoms with Crippen LogP contribution in [0.25, 0.3) is 0 Å². The molecule has 1 aromatic carbocycles. The van der Waals surface area contributed by atoms with Crippen LogP contribution >= 0.6 is 23.2 Å². The third-order valence-corrected chi connectivity index (χ3v) is 4.08. The molecule has 2 rings (SSSR count). The summed E-state index contributed by atoms with van der Waals surface area (Å²) in [4.78, 5) is 13.1. The van der Waals surface area contributed by atoms with E-state index in [1.165, 1.54) is 18.2 Å². The average Bonchev–Trinajstić information content (AvgIpc) is 2.51. The topological polar surface area (TPSA) is 38.8 Å². The van der Waals surface area contributed by atoms with Gasteiger partial charge in [0, 0.05) is 24.3 Å². The van der Waals surface area contributed by atoms with Crippen molar-refractivity contribution in [3.05, 3.63) is 28.2 Å². The van der Waals surface area contributed by atoms with Crippen LogP contribution in [0.5, 0.6) is 5.75 Å². The predicted molar refractivity (Wildman–Crippen MR) is 83.6 cm³/mol. The van der Waals surface area contributed by atoms with Crippen molar-refractivity contribution in [1.29, 1.82) is 0 Å². The number of carbonyl (C=O) groups excluding carboxylic acids is 1. The van der Waals surface area contributed by atoms with E-state index in [0.717, 1.165) is 4.90 Å². The summed E-state index contributed by atoms with van der Waals surface area (Å²) in [5.74, 6) is -0.557. The lowest BCUT2D eigenvalue weighted by molar-refractivity contribution is -0.170. The van der Waals surface area contributed by atoms with E-state index >= 15 is 0 Å². The van der Waals surface area contributed by atoms with Crippen molar-refractivity contribution in [3.63, 3.8) is 0 Å². The van der Waals surface area contributed by atoms with Gasteiger partial charge in [-0.1, -0.05) is 23.2 Å². The van der Waals surface area contributed by atoms with E-state index in [2.05, 4.69) is 0 Å². The van der Waals surface area contributed by atoms with E-state index in [1.807, 2.05) is 0 Å². The molecule has 0 aliphatic carbocycles. The van der Waals surface area contributed by atoms with Gasteiger partial charge in [0.2, 0.25) is 0 Å². The van der Waals surface area contributed by atoms with Crippen LogP contribution < -0.4 is 4.74 Å². The highest BCUT2D eigenvalue weighted by molar-refractivity contribution is 6.35. The fourth-order valence-electron chi connectivity index (χ4n) is 2.43. The van der Waals surface area contributed by atoms with Gasteiger partial charge in [-0.2, -0.15) is 13.2 Å². The number of hydrogen-bond donors (Lipinski definition) is 0. The Bertz CT molecular complexity index is 578. The molecule has 9 heteroatoms. The lowest BCUT2D eigenvalue weighted by atomic mass is 10.1. The number of halogens is 5. The van der Waals surface area contributed by atoms with Crippen LogP contribution in [0.1, 0.15) is 12.8 Å². The highest BCUT2D eigenvalue weighted by Gasteiger charge is 2.37. The first-order valence-electron chi connectivity index (χ1n) is 7.28. The molecule has 1 aliphatic rings. The largest absolute Gasteiger partial charge is 0.482 e. The second kappa shape index (κ2) is 8.27. The SMILES string of the molecule is O=C(COc1ccc(Cl)cc1Cl)N(CC(F)(F)F)C1CCOCC1. The summed E-state index contributed by atoms with van der Waals surface area (Å²) in [6.45, 7) is -1.19. The molecule has 1 fully saturated rings. The number of ether oxygens (including phenoxy) is 2. The lowest BCUT2D eigenvalue weighted by Crippen LogP contribution is -2.49. The molecule has 1 aromatic rings. The molecule has 1 amide bonds. The van der Waals surface area contributed by atoms with Gasteiger partial charge in [0.05, 0.1) is 5.02 Å². The van der Waals surface area contributed by atoms with E-state index in [9.17, 15) is 18.0 Å². The average molecular weight is 386 g/mol. The maximum absolute atomic E-state index is 12.8. The molecule has 0 spiro atoms. The highest BCUT2D eigenvalue weighted by atomic mass is 35.5. The molecule has 0 N–H and O–H groups in total. The van der Waals surface area contributed by atoms with E-state index in [-0.39, 0.29) is 10.8 Å². The number of amides is 1. The second-order valence-corrected chi connectivity index (χ2v) is 6.19. The highest BCUT2D eigenvalue weighted by Crippen LogP contribution is 2.28. The summed E-state index contributed by atoms with van der Waals surface area (Å²) < 4.78 is 48.8. The second-order valence-electron chi connectivity index (χ2n) is 5.34. The van der Waals surface area contributed by atoms with Gasteiger partial charge in [-0.3, -0.25) is 4.79 Å². The molecule has 24 heavy (non-hydrogen) atoms. The van der Waals surface area contributed by atoms with Crippen LogP contribution in [-0.4, -0.2) is 49.4 Å². The van der Waals surface area contributed by atoms with Crippen molar-refractivity contribution in [2.45, 2.75) is 25.1 Å². The third-order valence-electron chi connectivity index (χ3n) is 3.55. The van der Waals surface area contributed by atoms with Gasteiger partial charge in [-0.05, 0) is 31.0 Å². The Morgan fingerprint density at radius 2 is 1.96 bits per heavy atom. The van der Waals surface area contributed by atoms with Crippen molar-refractivity contribution in [1.82, 2.24) is 4.90 Å². The summed E-state index contributed by atoms with van der Waals surface area (Å²) in [7, 11) is 0. The number of benzene rings is 1. The molecule has 0 radical (unpaired) electrons. The molecule has 1 aliphatic heterocycles. The number of nitrogens with zero attached hydrogens (tertiary/aromatic N) is 1. The van der Waals surface area contributed by atoms with Crippen molar-refractivity contribution in [2.24, 2.45) is 0 Å². The van der Waals surface area contributed by atoms with Gasteiger partial charge in [-0.15, -0.1) is 0 Å². The van der Waals surface area contributed by atoms with Gasteiger partial charge in [0.25, 0.3) is 5.91 Å². The van der Waals surface area contributed by atoms with Gasteiger partial charge >= 0.3 is 6.18 Å². The third kappa shape index (κ3) is 5.72. The van der Waals surface area contributed by atoms with Crippen LogP contribution in [0.3, 0.4) is 0 Å². The van der Waals surface area contributed by atoms with E-state index in [0.29, 0.717) is 31.1 Å². The molecule has 0 saturated carbocycles. The first kappa shape index (κ1) is 19.1. The van der Waals surface area contributed by atoms with Crippen molar-refractivity contribution < 1.29 is 27.4 Å². The van der Waals surface area contributed by atoms with Crippen LogP contribution in [0.15, 0.2) is 18.2 Å². The molecule has 134 valence electrons. The quantitative estimate of drug-likeness (QED) is 0.770. The maximum Gasteiger partial charge on any atom is 0.406 e. The molecular weight excluding hydrogens is 370 g/mol. The summed E-state index contributed by atoms with van der Waals surface area (Å²) in [6, 6.07) is 3.88. The van der Waals surface area contributed by atoms with Crippen LogP contribution in [0.2, 0.25) is 10.0 Å². The molecule has 4 nitrogen and oxygen atoms in total. The minimum absolute atomic E-state index is 0.184. The first-order valence-corrected chi connectivity index (χ1v) is 8.03. The maximum atomic E-state index is 12.8. The monoisotopic (exact) mass is 385 g/mol. The standard InChI is InChI=1S/C15H16Cl2F3NO3/c16-10-1-2-13(12(17)7-10)24-8-14(22)21(9-15(18,19)20)11-3-5-23-6-4-11/h1-2,7,11H,3-6,8-9H2. The van der Waals surface area contributed by atoms with Crippen LogP contribution in [0.4, 0.5) is 13.2 Å². The molecule has 0 unspecified atom stereocenters. The summed E-state index contributed by atoms with van der Waals surface area (Å²) >= 11 is 11.7. The van der Waals surface area contributed by atoms with Crippen LogP contribution in [-0.2, 0) is 9.53 Å². The Kier molecular flexibility index (Phi) is 6.60. The Morgan fingerprint density at radius 3 is 2.54 bits per heavy atom. The number of carbonyl (C=O) groups is 1. The molecule has 1 heterocycles. The number of hydrogen-bond acceptors (Lipinski definition) is 3. The van der Waals surface area contributed by atoms with Gasteiger partial charge in [-0.25, -0.2) is 0 Å². The van der Waals surface area contributed by atoms with Gasteiger partial charge in [0.15, 0.2) is 6.61 Å². The summed E-state index contributed by atoms with van der Waals surface area (Å²) in [5.41, 5.74) is 0. The van der Waals surface area contributed by atoms with Crippen LogP contribution in [0, 0.1) is 0 Å². The normalized spacial score (nSPS) is 16.0. The summed E-state index contributed by atoms with van der Waals surface area (Å²) in [6.07, 6.45) is -3.75. The predicted octanol–water partition coefficient (Wildman–Crippen LogP) is 3.94.